The number of carbonyl (C=O) groups is 1. The number of halogens is 5. The molecule has 0 aromatic heterocycles. The van der Waals surface area contributed by atoms with Crippen molar-refractivity contribution in [3.05, 3.63) is 76.8 Å². The number of hydrogen-bond donors (Lipinski definition) is 3. The van der Waals surface area contributed by atoms with E-state index in [0.717, 1.165) is 0 Å². The second kappa shape index (κ2) is 11.4. The van der Waals surface area contributed by atoms with Gasteiger partial charge in [0.1, 0.15) is 11.8 Å². The largest absolute Gasteiger partial charge is 0.503 e. The fraction of sp³-hybridized carbons (Fsp3) is 0.174. The molecule has 1 atom stereocenters. The zero-order valence-corrected chi connectivity index (χ0v) is 22.7. The topological polar surface area (TPSA) is 154 Å². The van der Waals surface area contributed by atoms with Gasteiger partial charge in [-0.05, 0) is 48.5 Å². The highest BCUT2D eigenvalue weighted by Crippen LogP contribution is 2.33. The Balaban J connectivity index is 1.65. The second-order valence-electron chi connectivity index (χ2n) is 8.48. The lowest BCUT2D eigenvalue weighted by Crippen LogP contribution is -2.61. The molecule has 1 amide bonds. The van der Waals surface area contributed by atoms with Gasteiger partial charge < -0.3 is 9.84 Å². The molecule has 1 saturated heterocycles. The minimum absolute atomic E-state index is 0.0202. The first-order valence-electron chi connectivity index (χ1n) is 11.2. The lowest BCUT2D eigenvalue weighted by atomic mass is 10.2. The summed E-state index contributed by atoms with van der Waals surface area (Å²) < 4.78 is 116. The van der Waals surface area contributed by atoms with E-state index >= 15 is 0 Å². The zero-order chi connectivity index (χ0) is 30.3. The van der Waals surface area contributed by atoms with Crippen LogP contribution in [0.3, 0.4) is 0 Å². The Bertz CT molecular complexity index is 1680. The number of ether oxygens (including phenoxy) is 1. The predicted molar refractivity (Wildman–Crippen MR) is 132 cm³/mol. The summed E-state index contributed by atoms with van der Waals surface area (Å²) in [5, 5.41) is 18.7. The first-order valence-corrected chi connectivity index (χ1v) is 14.5. The van der Waals surface area contributed by atoms with Gasteiger partial charge in [-0.15, -0.1) is 0 Å². The lowest BCUT2D eigenvalue weighted by molar-refractivity contribution is -0.134. The van der Waals surface area contributed by atoms with Crippen molar-refractivity contribution in [3.63, 3.8) is 0 Å². The molecule has 1 fully saturated rings. The minimum atomic E-state index is -4.93. The van der Waals surface area contributed by atoms with Crippen molar-refractivity contribution in [2.75, 3.05) is 19.6 Å². The van der Waals surface area contributed by atoms with Crippen LogP contribution < -0.4 is 10.2 Å². The molecular formula is C23H18ClF4N3O8S2. The Kier molecular flexibility index (Phi) is 8.49. The summed E-state index contributed by atoms with van der Waals surface area (Å²) in [5.74, 6) is -9.86. The van der Waals surface area contributed by atoms with Crippen molar-refractivity contribution < 1.29 is 54.2 Å². The van der Waals surface area contributed by atoms with Crippen molar-refractivity contribution in [2.24, 2.45) is 0 Å². The summed E-state index contributed by atoms with van der Waals surface area (Å²) in [6.07, 6.45) is 0. The van der Waals surface area contributed by atoms with Gasteiger partial charge in [0.25, 0.3) is 5.91 Å². The number of carbonyl (C=O) groups excluding carboxylic acids is 1. The molecule has 0 bridgehead atoms. The number of rotatable bonds is 7. The molecule has 1 aliphatic rings. The minimum Gasteiger partial charge on any atom is -0.503 e. The molecule has 1 aliphatic heterocycles. The second-order valence-corrected chi connectivity index (χ2v) is 12.7. The van der Waals surface area contributed by atoms with E-state index in [0.29, 0.717) is 37.9 Å². The number of phenols is 1. The monoisotopic (exact) mass is 639 g/mol. The van der Waals surface area contributed by atoms with E-state index in [2.05, 4.69) is 0 Å². The average molecular weight is 640 g/mol. The Morgan fingerprint density at radius 3 is 1.93 bits per heavy atom. The first kappa shape index (κ1) is 30.5. The molecule has 3 aromatic rings. The third kappa shape index (κ3) is 5.95. The van der Waals surface area contributed by atoms with Crippen LogP contribution in [0.2, 0.25) is 5.02 Å². The molecule has 18 heteroatoms. The van der Waals surface area contributed by atoms with Crippen molar-refractivity contribution in [3.8, 4) is 17.2 Å². The third-order valence-corrected chi connectivity index (χ3v) is 9.93. The van der Waals surface area contributed by atoms with Crippen molar-refractivity contribution in [1.29, 1.82) is 0 Å². The molecule has 0 spiro atoms. The van der Waals surface area contributed by atoms with E-state index in [9.17, 15) is 49.5 Å². The van der Waals surface area contributed by atoms with Crippen LogP contribution >= 0.6 is 11.6 Å². The number of nitrogens with one attached hydrogen (secondary N) is 1. The summed E-state index contributed by atoms with van der Waals surface area (Å²) >= 11 is 5.75. The van der Waals surface area contributed by atoms with Gasteiger partial charge in [0.2, 0.25) is 20.0 Å². The summed E-state index contributed by atoms with van der Waals surface area (Å²) in [5.41, 5.74) is 1.19. The Morgan fingerprint density at radius 2 is 1.39 bits per heavy atom. The maximum Gasteiger partial charge on any atom is 0.263 e. The number of sulfonamides is 2. The van der Waals surface area contributed by atoms with Crippen molar-refractivity contribution >= 4 is 37.6 Å². The highest BCUT2D eigenvalue weighted by Gasteiger charge is 2.44. The SMILES string of the molecule is O=C(NO)[C@H]1CN(S(=O)(=O)c2cc(F)c(O)c(F)c2)CCN1S(=O)(=O)c1cc(F)c(Oc2ccc(Cl)cc2)c(F)c1. The third-order valence-electron chi connectivity index (χ3n) is 5.95. The molecule has 3 aromatic carbocycles. The fourth-order valence-corrected chi connectivity index (χ4v) is 7.10. The molecule has 41 heavy (non-hydrogen) atoms. The van der Waals surface area contributed by atoms with Crippen molar-refractivity contribution in [2.45, 2.75) is 15.8 Å². The number of hydrogen-bond acceptors (Lipinski definition) is 8. The van der Waals surface area contributed by atoms with Crippen LogP contribution in [0.1, 0.15) is 0 Å². The Morgan fingerprint density at radius 1 is 0.878 bits per heavy atom. The highest BCUT2D eigenvalue weighted by atomic mass is 35.5. The maximum absolute atomic E-state index is 14.8. The highest BCUT2D eigenvalue weighted by molar-refractivity contribution is 7.89. The predicted octanol–water partition coefficient (Wildman–Crippen LogP) is 2.96. The number of piperazine rings is 1. The number of benzene rings is 3. The first-order chi connectivity index (χ1) is 19.2. The summed E-state index contributed by atoms with van der Waals surface area (Å²) in [7, 11) is -9.69. The molecule has 0 unspecified atom stereocenters. The molecule has 0 saturated carbocycles. The number of phenolic OH excluding ortho intramolecular Hbond substituents is 1. The average Bonchev–Trinajstić information content (AvgIpc) is 2.93. The molecule has 4 rings (SSSR count). The molecular weight excluding hydrogens is 622 g/mol. The van der Waals surface area contributed by atoms with E-state index in [4.69, 9.17) is 16.3 Å². The van der Waals surface area contributed by atoms with Gasteiger partial charge in [0.15, 0.2) is 34.8 Å². The molecule has 1 heterocycles. The molecule has 220 valence electrons. The van der Waals surface area contributed by atoms with E-state index < -0.39 is 96.2 Å². The normalized spacial score (nSPS) is 16.9. The zero-order valence-electron chi connectivity index (χ0n) is 20.3. The smallest absolute Gasteiger partial charge is 0.263 e. The van der Waals surface area contributed by atoms with Crippen LogP contribution in [0.25, 0.3) is 0 Å². The number of nitrogens with zero attached hydrogens (tertiary/aromatic N) is 2. The van der Waals surface area contributed by atoms with Gasteiger partial charge >= 0.3 is 0 Å². The van der Waals surface area contributed by atoms with Crippen molar-refractivity contribution in [1.82, 2.24) is 14.1 Å². The number of hydroxylamine groups is 1. The Labute approximate surface area is 235 Å². The van der Waals surface area contributed by atoms with Gasteiger partial charge in [0, 0.05) is 24.7 Å². The number of aromatic hydroxyl groups is 1. The van der Waals surface area contributed by atoms with E-state index in [1.165, 1.54) is 29.7 Å². The van der Waals surface area contributed by atoms with Crippen LogP contribution in [0.5, 0.6) is 17.2 Å². The van der Waals surface area contributed by atoms with Gasteiger partial charge in [0.05, 0.1) is 9.79 Å². The fourth-order valence-electron chi connectivity index (χ4n) is 3.91. The van der Waals surface area contributed by atoms with Crippen LogP contribution in [-0.4, -0.2) is 67.3 Å². The van der Waals surface area contributed by atoms with Crippen LogP contribution in [0, 0.1) is 23.3 Å². The van der Waals surface area contributed by atoms with Crippen LogP contribution in [0.15, 0.2) is 58.3 Å². The van der Waals surface area contributed by atoms with Gasteiger partial charge in [-0.3, -0.25) is 10.0 Å². The summed E-state index contributed by atoms with van der Waals surface area (Å²) in [4.78, 5) is 10.5. The van der Waals surface area contributed by atoms with Gasteiger partial charge in [-0.1, -0.05) is 11.6 Å². The molecule has 3 N–H and O–H groups in total. The van der Waals surface area contributed by atoms with E-state index in [-0.39, 0.29) is 5.75 Å². The Hall–Kier alpha value is -3.48. The molecule has 0 aliphatic carbocycles. The molecule has 11 nitrogen and oxygen atoms in total. The van der Waals surface area contributed by atoms with Gasteiger partial charge in [-0.25, -0.2) is 39.9 Å². The van der Waals surface area contributed by atoms with Crippen LogP contribution in [-0.2, 0) is 24.8 Å². The quantitative estimate of drug-likeness (QED) is 0.203. The van der Waals surface area contributed by atoms with E-state index in [1.807, 2.05) is 0 Å². The molecule has 0 radical (unpaired) electrons. The maximum atomic E-state index is 14.8. The number of amides is 1. The van der Waals surface area contributed by atoms with Crippen LogP contribution in [0.4, 0.5) is 17.6 Å². The standard InChI is InChI=1S/C23H18ClF4N3O8S2/c24-12-1-3-13(4-2-12)39-22-18(27)9-15(10-19(22)28)41(37,38)31-6-5-30(11-20(31)23(33)29-34)40(35,36)14-7-16(25)21(32)17(26)8-14/h1-4,7-10,20,32,34H,5-6,11H2,(H,29,33)/t20-/m1/s1. The van der Waals surface area contributed by atoms with E-state index in [1.54, 1.807) is 0 Å². The summed E-state index contributed by atoms with van der Waals surface area (Å²) in [6.45, 7) is -2.43. The summed E-state index contributed by atoms with van der Waals surface area (Å²) in [6, 6.07) is 4.85. The lowest BCUT2D eigenvalue weighted by Gasteiger charge is -2.38. The van der Waals surface area contributed by atoms with Gasteiger partial charge in [-0.2, -0.15) is 8.61 Å².